The lowest BCUT2D eigenvalue weighted by atomic mass is 10.2. The lowest BCUT2D eigenvalue weighted by molar-refractivity contribution is -0.137. The lowest BCUT2D eigenvalue weighted by Gasteiger charge is -2.23. The predicted molar refractivity (Wildman–Crippen MR) is 88.1 cm³/mol. The van der Waals surface area contributed by atoms with Gasteiger partial charge in [0.25, 0.3) is 0 Å². The molecule has 22 heavy (non-hydrogen) atoms. The van der Waals surface area contributed by atoms with Crippen molar-refractivity contribution in [3.05, 3.63) is 10.6 Å². The summed E-state index contributed by atoms with van der Waals surface area (Å²) in [6.45, 7) is 8.64. The third-order valence-corrected chi connectivity index (χ3v) is 4.18. The van der Waals surface area contributed by atoms with Gasteiger partial charge in [0.2, 0.25) is 11.8 Å². The summed E-state index contributed by atoms with van der Waals surface area (Å²) in [6.07, 6.45) is 0.706. The molecule has 1 rings (SSSR count). The Kier molecular flexibility index (Phi) is 7.47. The van der Waals surface area contributed by atoms with Gasteiger partial charge in [-0.15, -0.1) is 11.3 Å². The van der Waals surface area contributed by atoms with Crippen LogP contribution in [0.25, 0.3) is 0 Å². The Morgan fingerprint density at radius 2 is 2.05 bits per heavy atom. The van der Waals surface area contributed by atoms with Crippen LogP contribution < -0.4 is 5.32 Å². The molecule has 0 aliphatic rings. The van der Waals surface area contributed by atoms with Crippen LogP contribution >= 0.6 is 11.3 Å². The van der Waals surface area contributed by atoms with Crippen molar-refractivity contribution in [2.24, 2.45) is 5.92 Å². The molecule has 1 N–H and O–H groups in total. The van der Waals surface area contributed by atoms with Crippen molar-refractivity contribution >= 4 is 28.3 Å². The first-order valence-electron chi connectivity index (χ1n) is 7.36. The van der Waals surface area contributed by atoms with Crippen molar-refractivity contribution in [1.82, 2.24) is 9.88 Å². The minimum atomic E-state index is -0.222. The Bertz CT molecular complexity index is 495. The second kappa shape index (κ2) is 8.85. The van der Waals surface area contributed by atoms with Crippen molar-refractivity contribution in [2.45, 2.75) is 34.1 Å². The molecule has 0 fully saturated rings. The van der Waals surface area contributed by atoms with Crippen molar-refractivity contribution in [1.29, 1.82) is 0 Å². The maximum absolute atomic E-state index is 12.2. The fraction of sp³-hybridized carbons (Fsp3) is 0.667. The molecule has 0 saturated carbocycles. The van der Waals surface area contributed by atoms with E-state index in [0.717, 1.165) is 10.6 Å². The minimum Gasteiger partial charge on any atom is -0.385 e. The minimum absolute atomic E-state index is 0.0299. The molecule has 6 nitrogen and oxygen atoms in total. The van der Waals surface area contributed by atoms with E-state index in [2.05, 4.69) is 10.3 Å². The fourth-order valence-corrected chi connectivity index (χ4v) is 2.72. The number of carbonyl (C=O) groups is 2. The molecule has 1 aromatic rings. The monoisotopic (exact) mass is 327 g/mol. The molecule has 7 heteroatoms. The summed E-state index contributed by atoms with van der Waals surface area (Å²) in [6, 6.07) is 0. The van der Waals surface area contributed by atoms with E-state index in [9.17, 15) is 9.59 Å². The Labute approximate surface area is 135 Å². The zero-order chi connectivity index (χ0) is 16.7. The Hall–Kier alpha value is -1.47. The Morgan fingerprint density at radius 1 is 1.36 bits per heavy atom. The number of anilines is 1. The van der Waals surface area contributed by atoms with Gasteiger partial charge in [0.1, 0.15) is 0 Å². The third kappa shape index (κ3) is 5.73. The summed E-state index contributed by atoms with van der Waals surface area (Å²) in [4.78, 5) is 31.2. The molecule has 0 aromatic carbocycles. The smallest absolute Gasteiger partial charge is 0.245 e. The predicted octanol–water partition coefficient (Wildman–Crippen LogP) is 2.22. The zero-order valence-electron chi connectivity index (χ0n) is 13.9. The normalized spacial score (nSPS) is 10.8. The second-order valence-electron chi connectivity index (χ2n) is 5.47. The number of carbonyl (C=O) groups excluding carboxylic acids is 2. The number of hydrogen-bond acceptors (Lipinski definition) is 5. The zero-order valence-corrected chi connectivity index (χ0v) is 14.7. The molecule has 0 radical (unpaired) electrons. The first-order chi connectivity index (χ1) is 10.3. The number of ether oxygens (including phenoxy) is 1. The van der Waals surface area contributed by atoms with Gasteiger partial charge in [-0.2, -0.15) is 0 Å². The van der Waals surface area contributed by atoms with E-state index in [1.807, 2.05) is 27.7 Å². The molecule has 0 atom stereocenters. The van der Waals surface area contributed by atoms with Gasteiger partial charge in [0.05, 0.1) is 12.2 Å². The van der Waals surface area contributed by atoms with Gasteiger partial charge in [0, 0.05) is 31.1 Å². The van der Waals surface area contributed by atoms with Crippen LogP contribution in [0.1, 0.15) is 30.8 Å². The van der Waals surface area contributed by atoms with Gasteiger partial charge >= 0.3 is 0 Å². The fourth-order valence-electron chi connectivity index (χ4n) is 1.89. The molecule has 0 aliphatic heterocycles. The van der Waals surface area contributed by atoms with Crippen LogP contribution in [0.5, 0.6) is 0 Å². The number of hydrogen-bond donors (Lipinski definition) is 1. The molecule has 2 amide bonds. The van der Waals surface area contributed by atoms with E-state index < -0.39 is 0 Å². The van der Waals surface area contributed by atoms with Gasteiger partial charge < -0.3 is 15.0 Å². The number of aryl methyl sites for hydroxylation is 2. The van der Waals surface area contributed by atoms with Gasteiger partial charge in [-0.25, -0.2) is 4.98 Å². The highest BCUT2D eigenvalue weighted by Gasteiger charge is 2.20. The summed E-state index contributed by atoms with van der Waals surface area (Å²) < 4.78 is 5.00. The van der Waals surface area contributed by atoms with Crippen LogP contribution in [0.3, 0.4) is 0 Å². The lowest BCUT2D eigenvalue weighted by Crippen LogP contribution is -2.41. The quantitative estimate of drug-likeness (QED) is 0.743. The molecular weight excluding hydrogens is 302 g/mol. The number of rotatable bonds is 8. The van der Waals surface area contributed by atoms with Gasteiger partial charge in [-0.05, 0) is 20.3 Å². The van der Waals surface area contributed by atoms with E-state index >= 15 is 0 Å². The number of amides is 2. The molecule has 1 heterocycles. The number of nitrogens with one attached hydrogen (secondary N) is 1. The molecule has 0 spiro atoms. The Morgan fingerprint density at radius 3 is 2.55 bits per heavy atom. The first kappa shape index (κ1) is 18.6. The molecule has 0 saturated heterocycles. The SMILES string of the molecule is COCCCN(CC(=O)Nc1nc(C)c(C)s1)C(=O)C(C)C. The van der Waals surface area contributed by atoms with Crippen LogP contribution in [-0.4, -0.2) is 48.5 Å². The van der Waals surface area contributed by atoms with Crippen molar-refractivity contribution in [3.8, 4) is 0 Å². The average molecular weight is 327 g/mol. The molecule has 0 unspecified atom stereocenters. The van der Waals surface area contributed by atoms with E-state index in [0.29, 0.717) is 24.7 Å². The molecule has 1 aromatic heterocycles. The van der Waals surface area contributed by atoms with E-state index in [-0.39, 0.29) is 24.3 Å². The van der Waals surface area contributed by atoms with Gasteiger partial charge in [-0.1, -0.05) is 13.8 Å². The van der Waals surface area contributed by atoms with E-state index in [4.69, 9.17) is 4.74 Å². The number of thiazole rings is 1. The maximum atomic E-state index is 12.2. The van der Waals surface area contributed by atoms with Crippen molar-refractivity contribution < 1.29 is 14.3 Å². The van der Waals surface area contributed by atoms with Crippen LogP contribution in [-0.2, 0) is 14.3 Å². The first-order valence-corrected chi connectivity index (χ1v) is 8.18. The van der Waals surface area contributed by atoms with Crippen LogP contribution in [0, 0.1) is 19.8 Å². The summed E-state index contributed by atoms with van der Waals surface area (Å²) in [5.74, 6) is -0.391. The highest BCUT2D eigenvalue weighted by molar-refractivity contribution is 7.15. The average Bonchev–Trinajstić information content (AvgIpc) is 2.75. The van der Waals surface area contributed by atoms with E-state index in [1.54, 1.807) is 12.0 Å². The van der Waals surface area contributed by atoms with Crippen LogP contribution in [0.4, 0.5) is 5.13 Å². The summed E-state index contributed by atoms with van der Waals surface area (Å²) in [5.41, 5.74) is 0.913. The molecule has 124 valence electrons. The largest absolute Gasteiger partial charge is 0.385 e. The van der Waals surface area contributed by atoms with E-state index in [1.165, 1.54) is 11.3 Å². The molecular formula is C15H25N3O3S. The van der Waals surface area contributed by atoms with Crippen molar-refractivity contribution in [3.63, 3.8) is 0 Å². The van der Waals surface area contributed by atoms with Crippen LogP contribution in [0.15, 0.2) is 0 Å². The summed E-state index contributed by atoms with van der Waals surface area (Å²) in [7, 11) is 1.62. The Balaban J connectivity index is 2.62. The summed E-state index contributed by atoms with van der Waals surface area (Å²) in [5, 5.41) is 3.34. The topological polar surface area (TPSA) is 71.5 Å². The number of nitrogens with zero attached hydrogens (tertiary/aromatic N) is 2. The van der Waals surface area contributed by atoms with Gasteiger partial charge in [0.15, 0.2) is 5.13 Å². The maximum Gasteiger partial charge on any atom is 0.245 e. The number of methoxy groups -OCH3 is 1. The molecule has 0 aliphatic carbocycles. The van der Waals surface area contributed by atoms with Gasteiger partial charge in [-0.3, -0.25) is 9.59 Å². The summed E-state index contributed by atoms with van der Waals surface area (Å²) >= 11 is 1.44. The van der Waals surface area contributed by atoms with Crippen molar-refractivity contribution in [2.75, 3.05) is 32.1 Å². The standard InChI is InChI=1S/C15H25N3O3S/c1-10(2)14(20)18(7-6-8-21-5)9-13(19)17-15-16-11(3)12(4)22-15/h10H,6-9H2,1-5H3,(H,16,17,19). The highest BCUT2D eigenvalue weighted by atomic mass is 32.1. The second-order valence-corrected chi connectivity index (χ2v) is 6.67. The third-order valence-electron chi connectivity index (χ3n) is 3.19. The van der Waals surface area contributed by atoms with Crippen LogP contribution in [0.2, 0.25) is 0 Å². The molecule has 0 bridgehead atoms. The highest BCUT2D eigenvalue weighted by Crippen LogP contribution is 2.20. The number of aromatic nitrogens is 1.